The van der Waals surface area contributed by atoms with Crippen molar-refractivity contribution in [2.75, 3.05) is 25.5 Å². The predicted octanol–water partition coefficient (Wildman–Crippen LogP) is 0.565. The summed E-state index contributed by atoms with van der Waals surface area (Å²) in [4.78, 5) is 22.4. The van der Waals surface area contributed by atoms with Crippen molar-refractivity contribution in [3.63, 3.8) is 0 Å². The van der Waals surface area contributed by atoms with E-state index in [1.54, 1.807) is 7.05 Å². The van der Waals surface area contributed by atoms with Crippen molar-refractivity contribution in [2.45, 2.75) is 0 Å². The normalized spacial score (nSPS) is 9.76. The van der Waals surface area contributed by atoms with E-state index in [-0.39, 0.29) is 24.9 Å². The van der Waals surface area contributed by atoms with Crippen LogP contribution in [0.5, 0.6) is 0 Å². The third-order valence-corrected chi connectivity index (χ3v) is 2.63. The molecule has 0 aliphatic carbocycles. The van der Waals surface area contributed by atoms with Crippen molar-refractivity contribution in [1.29, 1.82) is 0 Å². The molecule has 0 saturated carbocycles. The largest absolute Gasteiger partial charge is 0.358 e. The Bertz CT molecular complexity index is 409. The van der Waals surface area contributed by atoms with Crippen LogP contribution >= 0.6 is 22.6 Å². The van der Waals surface area contributed by atoms with Gasteiger partial charge in [-0.05, 0) is 40.8 Å². The summed E-state index contributed by atoms with van der Waals surface area (Å²) >= 11 is 2.17. The van der Waals surface area contributed by atoms with Crippen LogP contribution in [0.25, 0.3) is 0 Å². The lowest BCUT2D eigenvalue weighted by Gasteiger charge is -2.06. The van der Waals surface area contributed by atoms with Gasteiger partial charge in [-0.3, -0.25) is 14.9 Å². The molecule has 0 spiro atoms. The van der Waals surface area contributed by atoms with E-state index in [1.165, 1.54) is 0 Å². The molecular formula is C11H14IN3O2. The molecule has 0 unspecified atom stereocenters. The van der Waals surface area contributed by atoms with E-state index >= 15 is 0 Å². The van der Waals surface area contributed by atoms with Crippen molar-refractivity contribution >= 4 is 40.1 Å². The summed E-state index contributed by atoms with van der Waals surface area (Å²) in [6.45, 7) is 0.245. The first-order valence-corrected chi connectivity index (χ1v) is 6.16. The predicted molar refractivity (Wildman–Crippen MR) is 74.7 cm³/mol. The number of carbonyl (C=O) groups is 2. The number of rotatable bonds is 5. The average molecular weight is 347 g/mol. The molecule has 1 rings (SSSR count). The van der Waals surface area contributed by atoms with Gasteiger partial charge in [0.15, 0.2) is 0 Å². The van der Waals surface area contributed by atoms with E-state index in [1.807, 2.05) is 24.3 Å². The number of carbonyl (C=O) groups excluding carboxylic acids is 2. The monoisotopic (exact) mass is 347 g/mol. The fraction of sp³-hybridized carbons (Fsp3) is 0.273. The Morgan fingerprint density at radius 2 is 1.94 bits per heavy atom. The third kappa shape index (κ3) is 5.64. The van der Waals surface area contributed by atoms with Gasteiger partial charge in [0.05, 0.1) is 13.1 Å². The molecule has 0 aliphatic rings. The highest BCUT2D eigenvalue weighted by Crippen LogP contribution is 2.11. The highest BCUT2D eigenvalue weighted by Gasteiger charge is 2.03. The zero-order valence-electron chi connectivity index (χ0n) is 9.42. The minimum absolute atomic E-state index is 0.110. The number of benzene rings is 1. The van der Waals surface area contributed by atoms with E-state index < -0.39 is 0 Å². The van der Waals surface area contributed by atoms with Crippen molar-refractivity contribution in [2.24, 2.45) is 0 Å². The van der Waals surface area contributed by atoms with Gasteiger partial charge < -0.3 is 10.6 Å². The lowest BCUT2D eigenvalue weighted by atomic mass is 10.3. The lowest BCUT2D eigenvalue weighted by molar-refractivity contribution is -0.119. The summed E-state index contributed by atoms with van der Waals surface area (Å²) in [5, 5.41) is 7.94. The molecule has 0 radical (unpaired) electrons. The number of hydrogen-bond acceptors (Lipinski definition) is 3. The van der Waals surface area contributed by atoms with Gasteiger partial charge in [0.25, 0.3) is 0 Å². The van der Waals surface area contributed by atoms with Gasteiger partial charge in [-0.1, -0.05) is 6.07 Å². The lowest BCUT2D eigenvalue weighted by Crippen LogP contribution is -2.36. The summed E-state index contributed by atoms with van der Waals surface area (Å²) in [5.74, 6) is -0.317. The Kier molecular flexibility index (Phi) is 5.92. The summed E-state index contributed by atoms with van der Waals surface area (Å²) < 4.78 is 1.05. The first-order valence-electron chi connectivity index (χ1n) is 5.08. The van der Waals surface area contributed by atoms with Gasteiger partial charge in [0.1, 0.15) is 0 Å². The Morgan fingerprint density at radius 3 is 2.59 bits per heavy atom. The van der Waals surface area contributed by atoms with Gasteiger partial charge >= 0.3 is 0 Å². The Balaban J connectivity index is 2.32. The first-order chi connectivity index (χ1) is 8.11. The highest BCUT2D eigenvalue weighted by molar-refractivity contribution is 14.1. The van der Waals surface area contributed by atoms with E-state index in [9.17, 15) is 9.59 Å². The maximum Gasteiger partial charge on any atom is 0.238 e. The van der Waals surface area contributed by atoms with Crippen LogP contribution in [-0.4, -0.2) is 32.0 Å². The molecule has 0 heterocycles. The van der Waals surface area contributed by atoms with E-state index in [2.05, 4.69) is 38.5 Å². The summed E-state index contributed by atoms with van der Waals surface area (Å²) in [6.07, 6.45) is 0. The number of likely N-dealkylation sites (N-methyl/N-ethyl adjacent to an activating group) is 1. The molecule has 92 valence electrons. The van der Waals surface area contributed by atoms with E-state index in [4.69, 9.17) is 0 Å². The van der Waals surface area contributed by atoms with Crippen molar-refractivity contribution in [3.8, 4) is 0 Å². The minimum atomic E-state index is -0.170. The second-order valence-corrected chi connectivity index (χ2v) is 4.58. The van der Waals surface area contributed by atoms with Crippen LogP contribution in [0, 0.1) is 3.57 Å². The summed E-state index contributed by atoms with van der Waals surface area (Å²) in [5.41, 5.74) is 0.753. The van der Waals surface area contributed by atoms with Gasteiger partial charge in [-0.15, -0.1) is 0 Å². The topological polar surface area (TPSA) is 70.2 Å². The fourth-order valence-electron chi connectivity index (χ4n) is 1.15. The minimum Gasteiger partial charge on any atom is -0.358 e. The molecule has 0 saturated heterocycles. The maximum atomic E-state index is 11.5. The highest BCUT2D eigenvalue weighted by atomic mass is 127. The summed E-state index contributed by atoms with van der Waals surface area (Å²) in [6, 6.07) is 7.51. The Hall–Kier alpha value is -1.15. The number of nitrogens with one attached hydrogen (secondary N) is 3. The molecule has 0 atom stereocenters. The van der Waals surface area contributed by atoms with Crippen molar-refractivity contribution < 1.29 is 9.59 Å². The zero-order valence-corrected chi connectivity index (χ0v) is 11.6. The van der Waals surface area contributed by atoms with Crippen LogP contribution in [0.3, 0.4) is 0 Å². The van der Waals surface area contributed by atoms with Gasteiger partial charge in [-0.25, -0.2) is 0 Å². The van der Waals surface area contributed by atoms with Crippen LogP contribution in [0.2, 0.25) is 0 Å². The van der Waals surface area contributed by atoms with Crippen LogP contribution < -0.4 is 16.0 Å². The standard InChI is InChI=1S/C11H14IN3O2/c1-13-10(16)6-14-7-11(17)15-9-4-2-3-8(12)5-9/h2-5,14H,6-7H2,1H3,(H,13,16)(H,15,17). The molecule has 17 heavy (non-hydrogen) atoms. The zero-order chi connectivity index (χ0) is 12.7. The molecule has 1 aromatic rings. The van der Waals surface area contributed by atoms with Gasteiger partial charge in [0, 0.05) is 16.3 Å². The third-order valence-electron chi connectivity index (χ3n) is 1.96. The van der Waals surface area contributed by atoms with Crippen molar-refractivity contribution in [1.82, 2.24) is 10.6 Å². The molecule has 5 nitrogen and oxygen atoms in total. The molecule has 0 aromatic heterocycles. The van der Waals surface area contributed by atoms with Gasteiger partial charge in [-0.2, -0.15) is 0 Å². The van der Waals surface area contributed by atoms with Crippen LogP contribution in [0.1, 0.15) is 0 Å². The molecule has 0 bridgehead atoms. The molecule has 0 aliphatic heterocycles. The van der Waals surface area contributed by atoms with E-state index in [0.717, 1.165) is 9.26 Å². The molecule has 0 fully saturated rings. The number of anilines is 1. The Morgan fingerprint density at radius 1 is 1.24 bits per heavy atom. The van der Waals surface area contributed by atoms with Crippen LogP contribution in [0.4, 0.5) is 5.69 Å². The average Bonchev–Trinajstić information content (AvgIpc) is 2.28. The SMILES string of the molecule is CNC(=O)CNCC(=O)Nc1cccc(I)c1. The van der Waals surface area contributed by atoms with Gasteiger partial charge in [0.2, 0.25) is 11.8 Å². The van der Waals surface area contributed by atoms with Crippen molar-refractivity contribution in [3.05, 3.63) is 27.8 Å². The van der Waals surface area contributed by atoms with Crippen LogP contribution in [0.15, 0.2) is 24.3 Å². The second kappa shape index (κ2) is 7.23. The first kappa shape index (κ1) is 13.9. The molecule has 1 aromatic carbocycles. The van der Waals surface area contributed by atoms with Crippen LogP contribution in [-0.2, 0) is 9.59 Å². The smallest absolute Gasteiger partial charge is 0.238 e. The number of halogens is 1. The molecule has 3 N–H and O–H groups in total. The number of amides is 2. The molecule has 2 amide bonds. The molecular weight excluding hydrogens is 333 g/mol. The van der Waals surface area contributed by atoms with E-state index in [0.29, 0.717) is 0 Å². The Labute approximate surface area is 113 Å². The maximum absolute atomic E-state index is 11.5. The molecule has 6 heteroatoms. The second-order valence-electron chi connectivity index (χ2n) is 3.34. The quantitative estimate of drug-likeness (QED) is 0.682. The summed E-state index contributed by atoms with van der Waals surface area (Å²) in [7, 11) is 1.55. The number of hydrogen-bond donors (Lipinski definition) is 3. The fourth-order valence-corrected chi connectivity index (χ4v) is 1.69.